The average Bonchev–Trinajstić information content (AvgIpc) is 3.43. The van der Waals surface area contributed by atoms with E-state index in [9.17, 15) is 14.0 Å². The van der Waals surface area contributed by atoms with Crippen molar-refractivity contribution in [2.75, 3.05) is 33.4 Å². The first-order chi connectivity index (χ1) is 17.9. The number of nitrogens with zero attached hydrogens (tertiary/aromatic N) is 2. The molecule has 37 heavy (non-hydrogen) atoms. The molecule has 2 aromatic carbocycles. The maximum absolute atomic E-state index is 14.3. The van der Waals surface area contributed by atoms with Gasteiger partial charge in [-0.25, -0.2) is 4.39 Å². The number of ether oxygens (including phenoxy) is 2. The number of carbonyl (C=O) groups excluding carboxylic acids is 2. The molecule has 1 heterocycles. The van der Waals surface area contributed by atoms with Crippen molar-refractivity contribution in [1.82, 2.24) is 26.0 Å². The molecule has 198 valence electrons. The number of hydrogen-bond donors (Lipinski definition) is 3. The first-order valence-electron chi connectivity index (χ1n) is 12.0. The lowest BCUT2D eigenvalue weighted by atomic mass is 9.93. The Hall–Kier alpha value is -3.34. The van der Waals surface area contributed by atoms with Crippen LogP contribution in [0.1, 0.15) is 29.4 Å². The summed E-state index contributed by atoms with van der Waals surface area (Å²) < 4.78 is 24.6. The molecule has 3 N–H and O–H groups in total. The summed E-state index contributed by atoms with van der Waals surface area (Å²) in [7, 11) is 1.60. The van der Waals surface area contributed by atoms with Crippen LogP contribution in [0.25, 0.3) is 11.1 Å². The van der Waals surface area contributed by atoms with Gasteiger partial charge >= 0.3 is 5.97 Å². The van der Waals surface area contributed by atoms with Crippen molar-refractivity contribution in [2.24, 2.45) is 5.92 Å². The minimum atomic E-state index is -0.501. The SMILES string of the molecule is CCOC(=O)[C@H](CNCCOC)C[C@@H](Cc1ccc(-c2cc(Cl)ccc2F)cc1)NC(=O)c1cn[nH]n1. The molecule has 0 aliphatic carbocycles. The van der Waals surface area contributed by atoms with Crippen LogP contribution in [0.3, 0.4) is 0 Å². The highest BCUT2D eigenvalue weighted by Crippen LogP contribution is 2.27. The third-order valence-corrected chi connectivity index (χ3v) is 5.96. The molecule has 2 atom stereocenters. The number of aromatic amines is 1. The fourth-order valence-electron chi connectivity index (χ4n) is 3.90. The lowest BCUT2D eigenvalue weighted by molar-refractivity contribution is -0.148. The van der Waals surface area contributed by atoms with Gasteiger partial charge in [-0.05, 0) is 49.1 Å². The predicted molar refractivity (Wildman–Crippen MR) is 138 cm³/mol. The zero-order valence-electron chi connectivity index (χ0n) is 20.8. The molecule has 0 saturated carbocycles. The van der Waals surface area contributed by atoms with E-state index in [0.717, 1.165) is 5.56 Å². The van der Waals surface area contributed by atoms with Gasteiger partial charge in [0.15, 0.2) is 5.69 Å². The molecule has 11 heteroatoms. The number of carbonyl (C=O) groups is 2. The van der Waals surface area contributed by atoms with Gasteiger partial charge in [0.1, 0.15) is 5.82 Å². The Labute approximate surface area is 220 Å². The molecule has 3 aromatic rings. The van der Waals surface area contributed by atoms with Gasteiger partial charge in [0.25, 0.3) is 5.91 Å². The molecule has 1 amide bonds. The van der Waals surface area contributed by atoms with Gasteiger partial charge in [-0.15, -0.1) is 0 Å². The van der Waals surface area contributed by atoms with Crippen LogP contribution in [-0.2, 0) is 20.7 Å². The summed E-state index contributed by atoms with van der Waals surface area (Å²) in [6.07, 6.45) is 2.08. The molecule has 3 rings (SSSR count). The molecule has 0 saturated heterocycles. The van der Waals surface area contributed by atoms with E-state index in [-0.39, 0.29) is 24.1 Å². The summed E-state index contributed by atoms with van der Waals surface area (Å²) in [5, 5.41) is 16.6. The van der Waals surface area contributed by atoms with Gasteiger partial charge in [-0.3, -0.25) is 9.59 Å². The van der Waals surface area contributed by atoms with Crippen molar-refractivity contribution in [3.63, 3.8) is 0 Å². The van der Waals surface area contributed by atoms with Crippen molar-refractivity contribution in [1.29, 1.82) is 0 Å². The van der Waals surface area contributed by atoms with Crippen LogP contribution < -0.4 is 10.6 Å². The van der Waals surface area contributed by atoms with Gasteiger partial charge in [0.2, 0.25) is 0 Å². The molecule has 0 spiro atoms. The Kier molecular flexibility index (Phi) is 11.0. The molecular formula is C26H31ClFN5O4. The van der Waals surface area contributed by atoms with E-state index in [1.165, 1.54) is 18.3 Å². The van der Waals surface area contributed by atoms with Crippen LogP contribution >= 0.6 is 11.6 Å². The fraction of sp³-hybridized carbons (Fsp3) is 0.385. The van der Waals surface area contributed by atoms with Crippen molar-refractivity contribution >= 4 is 23.5 Å². The van der Waals surface area contributed by atoms with Crippen LogP contribution in [0, 0.1) is 11.7 Å². The normalized spacial score (nSPS) is 12.6. The Morgan fingerprint density at radius 3 is 2.65 bits per heavy atom. The van der Waals surface area contributed by atoms with Gasteiger partial charge in [0.05, 0.1) is 25.3 Å². The molecule has 0 bridgehead atoms. The number of hydrogen-bond acceptors (Lipinski definition) is 7. The highest BCUT2D eigenvalue weighted by Gasteiger charge is 2.26. The lowest BCUT2D eigenvalue weighted by Gasteiger charge is -2.24. The number of H-pyrrole nitrogens is 1. The summed E-state index contributed by atoms with van der Waals surface area (Å²) in [5.74, 6) is -1.63. The zero-order valence-corrected chi connectivity index (χ0v) is 21.6. The van der Waals surface area contributed by atoms with E-state index >= 15 is 0 Å². The monoisotopic (exact) mass is 531 g/mol. The molecular weight excluding hydrogens is 501 g/mol. The van der Waals surface area contributed by atoms with Crippen molar-refractivity contribution in [2.45, 2.75) is 25.8 Å². The Bertz CT molecular complexity index is 1140. The average molecular weight is 532 g/mol. The highest BCUT2D eigenvalue weighted by molar-refractivity contribution is 6.30. The smallest absolute Gasteiger partial charge is 0.310 e. The number of nitrogens with one attached hydrogen (secondary N) is 3. The Balaban J connectivity index is 1.78. The van der Waals surface area contributed by atoms with E-state index in [1.54, 1.807) is 32.2 Å². The lowest BCUT2D eigenvalue weighted by Crippen LogP contribution is -2.42. The summed E-state index contributed by atoms with van der Waals surface area (Å²) in [4.78, 5) is 25.4. The van der Waals surface area contributed by atoms with E-state index in [4.69, 9.17) is 21.1 Å². The first-order valence-corrected chi connectivity index (χ1v) is 12.4. The Morgan fingerprint density at radius 1 is 1.19 bits per heavy atom. The first kappa shape index (κ1) is 28.2. The minimum absolute atomic E-state index is 0.141. The fourth-order valence-corrected chi connectivity index (χ4v) is 4.08. The quantitative estimate of drug-likeness (QED) is 0.215. The molecule has 0 radical (unpaired) electrons. The minimum Gasteiger partial charge on any atom is -0.466 e. The third kappa shape index (κ3) is 8.63. The van der Waals surface area contributed by atoms with Gasteiger partial charge in [-0.2, -0.15) is 15.4 Å². The summed E-state index contributed by atoms with van der Waals surface area (Å²) >= 11 is 6.04. The van der Waals surface area contributed by atoms with E-state index < -0.39 is 17.9 Å². The Morgan fingerprint density at radius 2 is 1.97 bits per heavy atom. The number of esters is 1. The van der Waals surface area contributed by atoms with Gasteiger partial charge < -0.3 is 20.1 Å². The number of amides is 1. The van der Waals surface area contributed by atoms with E-state index in [2.05, 4.69) is 26.0 Å². The molecule has 0 aliphatic heterocycles. The number of benzene rings is 2. The summed E-state index contributed by atoms with van der Waals surface area (Å²) in [6.45, 7) is 3.45. The summed E-state index contributed by atoms with van der Waals surface area (Å²) in [5.41, 5.74) is 2.12. The zero-order chi connectivity index (χ0) is 26.6. The maximum atomic E-state index is 14.3. The molecule has 1 aromatic heterocycles. The van der Waals surface area contributed by atoms with Crippen LogP contribution in [0.15, 0.2) is 48.7 Å². The van der Waals surface area contributed by atoms with Gasteiger partial charge in [0, 0.05) is 36.8 Å². The molecule has 0 aliphatic rings. The predicted octanol–water partition coefficient (Wildman–Crippen LogP) is 3.41. The number of aromatic nitrogens is 3. The van der Waals surface area contributed by atoms with Crippen LogP contribution in [0.5, 0.6) is 0 Å². The van der Waals surface area contributed by atoms with E-state index in [1.807, 2.05) is 12.1 Å². The number of methoxy groups -OCH3 is 1. The van der Waals surface area contributed by atoms with Crippen LogP contribution in [0.4, 0.5) is 4.39 Å². The van der Waals surface area contributed by atoms with Crippen molar-refractivity contribution < 1.29 is 23.5 Å². The largest absolute Gasteiger partial charge is 0.466 e. The molecule has 0 unspecified atom stereocenters. The van der Waals surface area contributed by atoms with Crippen molar-refractivity contribution in [3.8, 4) is 11.1 Å². The topological polar surface area (TPSA) is 118 Å². The molecule has 0 fully saturated rings. The van der Waals surface area contributed by atoms with E-state index in [0.29, 0.717) is 48.7 Å². The standard InChI is InChI=1S/C26H31ClFN5O4/c1-3-37-26(35)19(15-29-10-11-36-2)13-21(31-25(34)24-16-30-33-32-24)12-17-4-6-18(7-5-17)22-14-20(27)8-9-23(22)28/h4-9,14,16,19,21,29H,3,10-13,15H2,1-2H3,(H,31,34)(H,30,32,33)/t19-,21+/m0/s1. The van der Waals surface area contributed by atoms with Gasteiger partial charge in [-0.1, -0.05) is 35.9 Å². The molecule has 9 nitrogen and oxygen atoms in total. The summed E-state index contributed by atoms with van der Waals surface area (Å²) in [6, 6.07) is 11.3. The highest BCUT2D eigenvalue weighted by atomic mass is 35.5. The second-order valence-electron chi connectivity index (χ2n) is 8.43. The van der Waals surface area contributed by atoms with Crippen molar-refractivity contribution in [3.05, 3.63) is 70.8 Å². The maximum Gasteiger partial charge on any atom is 0.310 e. The third-order valence-electron chi connectivity index (χ3n) is 5.72. The second-order valence-corrected chi connectivity index (χ2v) is 8.87. The van der Waals surface area contributed by atoms with Crippen LogP contribution in [0.2, 0.25) is 5.02 Å². The number of rotatable bonds is 14. The number of halogens is 2. The second kappa shape index (κ2) is 14.4. The van der Waals surface area contributed by atoms with Crippen LogP contribution in [-0.4, -0.2) is 66.7 Å².